The van der Waals surface area contributed by atoms with Crippen molar-refractivity contribution in [2.75, 3.05) is 26.4 Å². The number of nitrogens with zero attached hydrogens (tertiary/aromatic N) is 2. The van der Waals surface area contributed by atoms with E-state index in [0.29, 0.717) is 19.4 Å². The van der Waals surface area contributed by atoms with Gasteiger partial charge in [0, 0.05) is 20.5 Å². The van der Waals surface area contributed by atoms with Crippen LogP contribution in [0.15, 0.2) is 10.2 Å². The molecule has 3 aliphatic heterocycles. The van der Waals surface area contributed by atoms with Crippen LogP contribution in [0.2, 0.25) is 0 Å². The predicted octanol–water partition coefficient (Wildman–Crippen LogP) is -2.20. The Morgan fingerprint density at radius 3 is 1.62 bits per heavy atom. The summed E-state index contributed by atoms with van der Waals surface area (Å²) in [6.45, 7) is 1.91. The highest BCUT2D eigenvalue weighted by Crippen LogP contribution is 2.35. The zero-order valence-electron chi connectivity index (χ0n) is 24.1. The van der Waals surface area contributed by atoms with Gasteiger partial charge in [-0.15, -0.1) is 0 Å². The smallest absolute Gasteiger partial charge is 0.217 e. The lowest BCUT2D eigenvalue weighted by atomic mass is 9.97. The van der Waals surface area contributed by atoms with Crippen molar-refractivity contribution in [1.29, 1.82) is 0 Å². The fraction of sp³-hybridized carbons (Fsp3) is 0.923. The Balaban J connectivity index is 1.31. The van der Waals surface area contributed by atoms with Crippen molar-refractivity contribution >= 4 is 11.8 Å². The van der Waals surface area contributed by atoms with E-state index < -0.39 is 92.0 Å². The standard InChI is InChI=1S/C26H46N4O12/c1-14(33)27-18-22(37)20(35)16(11-31)41-24(18)39-10-8-6-4-3-5-7-9-26(29-30-26)13-40-25-19(28-15(2)34)23(38)21(36)17(12-32)42-25/h16-25,31-32,35-38H,3-13H2,1-2H3,(H,27,33)(H,28,34). The number of rotatable bonds is 17. The second-order valence-electron chi connectivity index (χ2n) is 11.1. The fourth-order valence-corrected chi connectivity index (χ4v) is 5.16. The highest BCUT2D eigenvalue weighted by atomic mass is 16.7. The summed E-state index contributed by atoms with van der Waals surface area (Å²) in [5.41, 5.74) is -0.720. The van der Waals surface area contributed by atoms with Gasteiger partial charge in [-0.2, -0.15) is 10.2 Å². The first-order chi connectivity index (χ1) is 20.0. The Bertz CT molecular complexity index is 891. The van der Waals surface area contributed by atoms with Crippen molar-refractivity contribution in [3.05, 3.63) is 0 Å². The molecular weight excluding hydrogens is 560 g/mol. The van der Waals surface area contributed by atoms with Gasteiger partial charge in [0.05, 0.1) is 19.8 Å². The fourth-order valence-electron chi connectivity index (χ4n) is 5.16. The highest BCUT2D eigenvalue weighted by molar-refractivity contribution is 5.73. The zero-order valence-corrected chi connectivity index (χ0v) is 24.1. The van der Waals surface area contributed by atoms with Crippen molar-refractivity contribution in [3.8, 4) is 0 Å². The van der Waals surface area contributed by atoms with E-state index in [1.165, 1.54) is 13.8 Å². The maximum Gasteiger partial charge on any atom is 0.217 e. The van der Waals surface area contributed by atoms with E-state index in [0.717, 1.165) is 32.1 Å². The highest BCUT2D eigenvalue weighted by Gasteiger charge is 2.48. The first kappa shape index (κ1) is 34.6. The third-order valence-electron chi connectivity index (χ3n) is 7.62. The van der Waals surface area contributed by atoms with Gasteiger partial charge in [0.1, 0.15) is 48.7 Å². The van der Waals surface area contributed by atoms with Gasteiger partial charge in [0.15, 0.2) is 12.6 Å². The molecule has 10 atom stereocenters. The van der Waals surface area contributed by atoms with Crippen molar-refractivity contribution in [3.63, 3.8) is 0 Å². The first-order valence-electron chi connectivity index (χ1n) is 14.5. The van der Waals surface area contributed by atoms with Crippen molar-refractivity contribution in [2.24, 2.45) is 10.2 Å². The van der Waals surface area contributed by atoms with Crippen molar-refractivity contribution in [2.45, 2.75) is 126 Å². The van der Waals surface area contributed by atoms with Gasteiger partial charge in [-0.3, -0.25) is 9.59 Å². The molecule has 3 rings (SSSR count). The minimum atomic E-state index is -1.38. The van der Waals surface area contributed by atoms with E-state index in [1.54, 1.807) is 0 Å². The van der Waals surface area contributed by atoms with Gasteiger partial charge in [0.25, 0.3) is 0 Å². The van der Waals surface area contributed by atoms with Gasteiger partial charge in [-0.05, 0) is 19.3 Å². The number of carbonyl (C=O) groups is 2. The van der Waals surface area contributed by atoms with Crippen LogP contribution in [0.5, 0.6) is 0 Å². The van der Waals surface area contributed by atoms with Crippen LogP contribution >= 0.6 is 0 Å². The molecule has 2 fully saturated rings. The van der Waals surface area contributed by atoms with Gasteiger partial charge >= 0.3 is 0 Å². The number of hydrogen-bond donors (Lipinski definition) is 8. The summed E-state index contributed by atoms with van der Waals surface area (Å²) in [7, 11) is 0. The second-order valence-corrected chi connectivity index (χ2v) is 11.1. The summed E-state index contributed by atoms with van der Waals surface area (Å²) in [6.07, 6.45) is -3.72. The Morgan fingerprint density at radius 2 is 1.17 bits per heavy atom. The molecular formula is C26H46N4O12. The molecule has 16 nitrogen and oxygen atoms in total. The minimum absolute atomic E-state index is 0.0671. The first-order valence-corrected chi connectivity index (χ1v) is 14.5. The van der Waals surface area contributed by atoms with Gasteiger partial charge in [-0.25, -0.2) is 0 Å². The quantitative estimate of drug-likeness (QED) is 0.0823. The molecule has 16 heteroatoms. The van der Waals surface area contributed by atoms with Crippen molar-refractivity contribution < 1.29 is 59.2 Å². The van der Waals surface area contributed by atoms with E-state index in [2.05, 4.69) is 20.9 Å². The molecule has 0 saturated carbocycles. The van der Waals surface area contributed by atoms with Gasteiger partial charge in [0.2, 0.25) is 17.5 Å². The van der Waals surface area contributed by atoms with Crippen LogP contribution in [0.1, 0.15) is 58.8 Å². The summed E-state index contributed by atoms with van der Waals surface area (Å²) in [5, 5.41) is 73.0. The van der Waals surface area contributed by atoms with Crippen LogP contribution in [0.3, 0.4) is 0 Å². The van der Waals surface area contributed by atoms with Crippen LogP contribution in [-0.4, -0.2) is 136 Å². The summed E-state index contributed by atoms with van der Waals surface area (Å²) in [5.74, 6) is -0.838. The van der Waals surface area contributed by atoms with Crippen molar-refractivity contribution in [1.82, 2.24) is 10.6 Å². The molecule has 0 aromatic rings. The number of ether oxygens (including phenoxy) is 4. The van der Waals surface area contributed by atoms with Crippen LogP contribution in [-0.2, 0) is 28.5 Å². The minimum Gasteiger partial charge on any atom is -0.394 e. The lowest BCUT2D eigenvalue weighted by molar-refractivity contribution is -0.272. The van der Waals surface area contributed by atoms with E-state index in [4.69, 9.17) is 18.9 Å². The summed E-state index contributed by atoms with van der Waals surface area (Å²) < 4.78 is 22.7. The maximum absolute atomic E-state index is 11.6. The lowest BCUT2D eigenvalue weighted by Crippen LogP contribution is -2.64. The summed E-state index contributed by atoms with van der Waals surface area (Å²) in [4.78, 5) is 23.1. The number of aliphatic hydroxyl groups excluding tert-OH is 6. The Morgan fingerprint density at radius 1 is 0.714 bits per heavy atom. The Hall–Kier alpha value is -1.86. The average Bonchev–Trinajstić information content (AvgIpc) is 3.73. The molecule has 0 aliphatic carbocycles. The molecule has 2 saturated heterocycles. The molecule has 10 unspecified atom stereocenters. The third kappa shape index (κ3) is 9.57. The Labute approximate surface area is 244 Å². The number of unbranched alkanes of at least 4 members (excludes halogenated alkanes) is 5. The number of hydrogen-bond acceptors (Lipinski definition) is 14. The number of amides is 2. The van der Waals surface area contributed by atoms with Gasteiger partial charge in [-0.1, -0.05) is 25.7 Å². The lowest BCUT2D eigenvalue weighted by Gasteiger charge is -2.42. The SMILES string of the molecule is CC(=O)NC1C(OCCCCCCCCC2(COC3OC(CO)C(O)C(O)C3NC(C)=O)N=N2)OC(CO)C(O)C1O. The topological polar surface area (TPSA) is 241 Å². The predicted molar refractivity (Wildman–Crippen MR) is 143 cm³/mol. The number of aliphatic hydroxyl groups is 6. The number of carbonyl (C=O) groups excluding carboxylic acids is 2. The molecule has 3 heterocycles. The van der Waals surface area contributed by atoms with E-state index in [1.807, 2.05) is 0 Å². The molecule has 0 aromatic heterocycles. The largest absolute Gasteiger partial charge is 0.394 e. The second kappa shape index (κ2) is 16.3. The zero-order chi connectivity index (χ0) is 30.9. The summed E-state index contributed by atoms with van der Waals surface area (Å²) in [6, 6.07) is -1.97. The van der Waals surface area contributed by atoms with Gasteiger partial charge < -0.3 is 60.2 Å². The third-order valence-corrected chi connectivity index (χ3v) is 7.62. The molecule has 8 N–H and O–H groups in total. The van der Waals surface area contributed by atoms with E-state index in [9.17, 15) is 40.2 Å². The van der Waals surface area contributed by atoms with E-state index in [-0.39, 0.29) is 6.61 Å². The molecule has 2 amide bonds. The molecule has 0 aromatic carbocycles. The molecule has 242 valence electrons. The average molecular weight is 607 g/mol. The molecule has 0 radical (unpaired) electrons. The molecule has 3 aliphatic rings. The van der Waals surface area contributed by atoms with Crippen LogP contribution in [0.4, 0.5) is 0 Å². The Kier molecular flexibility index (Phi) is 13.4. The monoisotopic (exact) mass is 606 g/mol. The maximum atomic E-state index is 11.6. The van der Waals surface area contributed by atoms with Crippen LogP contribution in [0, 0.1) is 0 Å². The molecule has 0 bridgehead atoms. The van der Waals surface area contributed by atoms with Crippen LogP contribution in [0.25, 0.3) is 0 Å². The van der Waals surface area contributed by atoms with E-state index >= 15 is 0 Å². The normalized spacial score (nSPS) is 35.5. The number of nitrogens with one attached hydrogen (secondary N) is 2. The summed E-state index contributed by atoms with van der Waals surface area (Å²) >= 11 is 0. The molecule has 42 heavy (non-hydrogen) atoms. The van der Waals surface area contributed by atoms with Crippen LogP contribution < -0.4 is 10.6 Å². The molecule has 0 spiro atoms.